The molecular weight excluding hydrogens is 386 g/mol. The van der Waals surface area contributed by atoms with E-state index in [4.69, 9.17) is 4.42 Å². The van der Waals surface area contributed by atoms with Gasteiger partial charge in [-0.25, -0.2) is 9.97 Å². The fraction of sp³-hybridized carbons (Fsp3) is 0.238. The van der Waals surface area contributed by atoms with Gasteiger partial charge in [-0.3, -0.25) is 9.48 Å². The third-order valence-electron chi connectivity index (χ3n) is 4.91. The van der Waals surface area contributed by atoms with Crippen molar-refractivity contribution in [3.05, 3.63) is 76.0 Å². The van der Waals surface area contributed by atoms with E-state index in [0.717, 1.165) is 27.5 Å². The molecule has 1 amide bonds. The Morgan fingerprint density at radius 1 is 1.17 bits per heavy atom. The molecule has 0 aliphatic heterocycles. The Bertz CT molecular complexity index is 1120. The minimum atomic E-state index is -0.199. The molecule has 0 N–H and O–H groups in total. The first-order valence-electron chi connectivity index (χ1n) is 9.20. The summed E-state index contributed by atoms with van der Waals surface area (Å²) in [5.74, 6) is 0.273. The number of oxazole rings is 1. The van der Waals surface area contributed by atoms with Crippen molar-refractivity contribution in [2.24, 2.45) is 7.05 Å². The quantitative estimate of drug-likeness (QED) is 0.483. The van der Waals surface area contributed by atoms with Gasteiger partial charge in [-0.1, -0.05) is 30.3 Å². The molecule has 0 saturated carbocycles. The predicted octanol–water partition coefficient (Wildman–Crippen LogP) is 3.99. The van der Waals surface area contributed by atoms with Gasteiger partial charge in [-0.05, 0) is 13.8 Å². The molecule has 7 nitrogen and oxygen atoms in total. The lowest BCUT2D eigenvalue weighted by Gasteiger charge is -2.21. The number of carbonyl (C=O) groups is 1. The Hall–Kier alpha value is -3.26. The van der Waals surface area contributed by atoms with Crippen LogP contribution in [0.1, 0.15) is 32.4 Å². The third-order valence-corrected chi connectivity index (χ3v) is 5.68. The van der Waals surface area contributed by atoms with Gasteiger partial charge >= 0.3 is 0 Å². The monoisotopic (exact) mass is 407 g/mol. The van der Waals surface area contributed by atoms with Crippen LogP contribution in [0.25, 0.3) is 11.3 Å². The van der Waals surface area contributed by atoms with E-state index in [9.17, 15) is 4.79 Å². The van der Waals surface area contributed by atoms with Crippen LogP contribution in [-0.2, 0) is 20.1 Å². The zero-order chi connectivity index (χ0) is 20.4. The highest BCUT2D eigenvalue weighted by Crippen LogP contribution is 2.26. The van der Waals surface area contributed by atoms with Crippen molar-refractivity contribution in [1.29, 1.82) is 0 Å². The van der Waals surface area contributed by atoms with Gasteiger partial charge in [-0.2, -0.15) is 5.10 Å². The van der Waals surface area contributed by atoms with Crippen molar-refractivity contribution in [2.45, 2.75) is 26.9 Å². The number of amides is 1. The Morgan fingerprint density at radius 3 is 2.62 bits per heavy atom. The number of carbonyl (C=O) groups excluding carboxylic acids is 1. The minimum Gasteiger partial charge on any atom is -0.443 e. The first-order valence-corrected chi connectivity index (χ1v) is 10.1. The van der Waals surface area contributed by atoms with Crippen LogP contribution < -0.4 is 0 Å². The maximum absolute atomic E-state index is 13.5. The molecule has 0 bridgehead atoms. The average molecular weight is 407 g/mol. The lowest BCUT2D eigenvalue weighted by atomic mass is 10.1. The smallest absolute Gasteiger partial charge is 0.277 e. The van der Waals surface area contributed by atoms with Crippen LogP contribution in [0, 0.1) is 13.8 Å². The molecule has 0 radical (unpaired) electrons. The minimum absolute atomic E-state index is 0.199. The number of benzene rings is 1. The van der Waals surface area contributed by atoms with E-state index in [1.54, 1.807) is 11.1 Å². The van der Waals surface area contributed by atoms with E-state index in [1.165, 1.54) is 17.7 Å². The van der Waals surface area contributed by atoms with Gasteiger partial charge < -0.3 is 9.32 Å². The molecule has 0 aliphatic rings. The van der Waals surface area contributed by atoms with E-state index in [1.807, 2.05) is 61.3 Å². The molecular formula is C21H21N5O2S. The van der Waals surface area contributed by atoms with E-state index in [2.05, 4.69) is 15.1 Å². The fourth-order valence-corrected chi connectivity index (χ4v) is 3.90. The van der Waals surface area contributed by atoms with Crippen molar-refractivity contribution >= 4 is 17.2 Å². The summed E-state index contributed by atoms with van der Waals surface area (Å²) in [6, 6.07) is 9.53. The molecule has 4 rings (SSSR count). The number of nitrogens with zero attached hydrogens (tertiary/aromatic N) is 5. The molecule has 0 saturated heterocycles. The van der Waals surface area contributed by atoms with Crippen LogP contribution in [0.3, 0.4) is 0 Å². The normalized spacial score (nSPS) is 11.0. The summed E-state index contributed by atoms with van der Waals surface area (Å²) in [7, 11) is 1.91. The van der Waals surface area contributed by atoms with Crippen molar-refractivity contribution in [3.8, 4) is 11.3 Å². The molecule has 1 aromatic carbocycles. The lowest BCUT2D eigenvalue weighted by molar-refractivity contribution is 0.0724. The number of aromatic nitrogens is 4. The van der Waals surface area contributed by atoms with Crippen molar-refractivity contribution in [3.63, 3.8) is 0 Å². The van der Waals surface area contributed by atoms with E-state index in [-0.39, 0.29) is 5.91 Å². The summed E-state index contributed by atoms with van der Waals surface area (Å²) in [5.41, 5.74) is 4.08. The Kier molecular flexibility index (Phi) is 5.26. The van der Waals surface area contributed by atoms with Crippen LogP contribution in [0.4, 0.5) is 0 Å². The lowest BCUT2D eigenvalue weighted by Crippen LogP contribution is -2.31. The van der Waals surface area contributed by atoms with Gasteiger partial charge in [-0.15, -0.1) is 11.3 Å². The molecule has 29 heavy (non-hydrogen) atoms. The number of thiazole rings is 1. The van der Waals surface area contributed by atoms with Crippen LogP contribution in [0.5, 0.6) is 0 Å². The van der Waals surface area contributed by atoms with Crippen molar-refractivity contribution in [2.75, 3.05) is 0 Å². The maximum atomic E-state index is 13.5. The standard InChI is InChI=1S/C21H21N5O2S/c1-14-17(15(2)25(3)24-14)11-26(12-18-22-9-10-29-18)21(27)19-20(28-13-23-19)16-7-5-4-6-8-16/h4-10,13H,11-12H2,1-3H3. The molecule has 0 spiro atoms. The second-order valence-electron chi connectivity index (χ2n) is 6.76. The van der Waals surface area contributed by atoms with Gasteiger partial charge in [0.1, 0.15) is 5.01 Å². The first kappa shape index (κ1) is 19.1. The highest BCUT2D eigenvalue weighted by molar-refractivity contribution is 7.09. The maximum Gasteiger partial charge on any atom is 0.277 e. The molecule has 0 atom stereocenters. The second-order valence-corrected chi connectivity index (χ2v) is 7.74. The van der Waals surface area contributed by atoms with Crippen LogP contribution in [0.2, 0.25) is 0 Å². The highest BCUT2D eigenvalue weighted by Gasteiger charge is 2.26. The average Bonchev–Trinajstić information content (AvgIpc) is 3.46. The molecule has 0 unspecified atom stereocenters. The summed E-state index contributed by atoms with van der Waals surface area (Å²) in [6.45, 7) is 4.78. The van der Waals surface area contributed by atoms with Gasteiger partial charge in [0.15, 0.2) is 17.8 Å². The Morgan fingerprint density at radius 2 is 1.97 bits per heavy atom. The third kappa shape index (κ3) is 3.84. The summed E-state index contributed by atoms with van der Waals surface area (Å²) < 4.78 is 7.41. The summed E-state index contributed by atoms with van der Waals surface area (Å²) in [5, 5.41) is 7.25. The van der Waals surface area contributed by atoms with E-state index in [0.29, 0.717) is 24.5 Å². The molecule has 3 aromatic heterocycles. The number of rotatable bonds is 6. The molecule has 148 valence electrons. The zero-order valence-corrected chi connectivity index (χ0v) is 17.3. The largest absolute Gasteiger partial charge is 0.443 e. The first-order chi connectivity index (χ1) is 14.0. The van der Waals surface area contributed by atoms with Gasteiger partial charge in [0.25, 0.3) is 5.91 Å². The van der Waals surface area contributed by atoms with Crippen molar-refractivity contribution in [1.82, 2.24) is 24.6 Å². The van der Waals surface area contributed by atoms with Gasteiger partial charge in [0, 0.05) is 35.4 Å². The van der Waals surface area contributed by atoms with Crippen LogP contribution in [0.15, 0.2) is 52.7 Å². The molecule has 4 aromatic rings. The van der Waals surface area contributed by atoms with E-state index < -0.39 is 0 Å². The Balaban J connectivity index is 1.70. The van der Waals surface area contributed by atoms with Gasteiger partial charge in [0.05, 0.1) is 18.8 Å². The Labute approximate surface area is 172 Å². The van der Waals surface area contributed by atoms with E-state index >= 15 is 0 Å². The summed E-state index contributed by atoms with van der Waals surface area (Å²) in [6.07, 6.45) is 3.06. The van der Waals surface area contributed by atoms with Crippen molar-refractivity contribution < 1.29 is 9.21 Å². The predicted molar refractivity (Wildman–Crippen MR) is 110 cm³/mol. The SMILES string of the molecule is Cc1nn(C)c(C)c1CN(Cc1nccs1)C(=O)c1ncoc1-c1ccccc1. The molecule has 3 heterocycles. The molecule has 0 aliphatic carbocycles. The highest BCUT2D eigenvalue weighted by atomic mass is 32.1. The summed E-state index contributed by atoms with van der Waals surface area (Å²) in [4.78, 5) is 23.9. The molecule has 0 fully saturated rings. The van der Waals surface area contributed by atoms with Crippen LogP contribution >= 0.6 is 11.3 Å². The fourth-order valence-electron chi connectivity index (χ4n) is 3.27. The summed E-state index contributed by atoms with van der Waals surface area (Å²) >= 11 is 1.52. The van der Waals surface area contributed by atoms with Crippen LogP contribution in [-0.4, -0.2) is 30.6 Å². The topological polar surface area (TPSA) is 77.1 Å². The second kappa shape index (κ2) is 8.00. The number of aryl methyl sites for hydroxylation is 2. The van der Waals surface area contributed by atoms with Gasteiger partial charge in [0.2, 0.25) is 0 Å². The number of hydrogen-bond donors (Lipinski definition) is 0. The number of hydrogen-bond acceptors (Lipinski definition) is 6. The zero-order valence-electron chi connectivity index (χ0n) is 16.5. The molecule has 8 heteroatoms.